The van der Waals surface area contributed by atoms with Crippen molar-refractivity contribution in [2.24, 2.45) is 0 Å². The van der Waals surface area contributed by atoms with E-state index in [1.54, 1.807) is 12.3 Å². The zero-order valence-corrected chi connectivity index (χ0v) is 5.17. The van der Waals surface area contributed by atoms with Crippen LogP contribution in [0.25, 0.3) is 6.08 Å². The Hall–Kier alpha value is -1.11. The second-order valence-corrected chi connectivity index (χ2v) is 1.78. The van der Waals surface area contributed by atoms with E-state index in [-0.39, 0.29) is 0 Å². The van der Waals surface area contributed by atoms with Gasteiger partial charge in [-0.05, 0) is 24.6 Å². The Morgan fingerprint density at radius 2 is 2.33 bits per heavy atom. The molecule has 0 saturated carbocycles. The summed E-state index contributed by atoms with van der Waals surface area (Å²) in [7, 11) is 0. The molecule has 0 bridgehead atoms. The average molecular weight is 118 g/mol. The van der Waals surface area contributed by atoms with Gasteiger partial charge in [-0.3, -0.25) is 4.98 Å². The Kier molecular flexibility index (Phi) is 1.63. The molecule has 0 aliphatic rings. The fourth-order valence-electron chi connectivity index (χ4n) is 0.624. The van der Waals surface area contributed by atoms with Crippen molar-refractivity contribution in [3.63, 3.8) is 0 Å². The molecule has 1 heterocycles. The number of hydrogen-bond donors (Lipinski definition) is 0. The number of aromatic nitrogens is 1. The van der Waals surface area contributed by atoms with Crippen molar-refractivity contribution in [3.05, 3.63) is 43.1 Å². The minimum Gasteiger partial charge on any atom is -0.261 e. The Morgan fingerprint density at radius 1 is 1.56 bits per heavy atom. The molecule has 45 valence electrons. The van der Waals surface area contributed by atoms with Crippen molar-refractivity contribution in [1.29, 1.82) is 0 Å². The van der Waals surface area contributed by atoms with Gasteiger partial charge in [-0.2, -0.15) is 0 Å². The normalized spacial score (nSPS) is 9.00. The predicted molar refractivity (Wildman–Crippen MR) is 38.8 cm³/mol. The molecule has 0 aliphatic heterocycles. The lowest BCUT2D eigenvalue weighted by Gasteiger charge is -1.91. The third-order valence-electron chi connectivity index (χ3n) is 1.08. The second-order valence-electron chi connectivity index (χ2n) is 1.78. The van der Waals surface area contributed by atoms with Gasteiger partial charge < -0.3 is 0 Å². The monoisotopic (exact) mass is 118 g/mol. The van der Waals surface area contributed by atoms with E-state index in [1.807, 2.05) is 12.1 Å². The third-order valence-corrected chi connectivity index (χ3v) is 1.08. The Balaban J connectivity index is 3.07. The van der Waals surface area contributed by atoms with E-state index in [9.17, 15) is 0 Å². The van der Waals surface area contributed by atoms with E-state index in [2.05, 4.69) is 18.5 Å². The maximum atomic E-state index is 3.93. The van der Waals surface area contributed by atoms with Crippen molar-refractivity contribution in [2.45, 2.75) is 0 Å². The van der Waals surface area contributed by atoms with Crippen LogP contribution in [-0.2, 0) is 0 Å². The summed E-state index contributed by atoms with van der Waals surface area (Å²) in [6, 6.07) is 3.77. The first-order valence-electron chi connectivity index (χ1n) is 2.73. The summed E-state index contributed by atoms with van der Waals surface area (Å²) >= 11 is 0. The summed E-state index contributed by atoms with van der Waals surface area (Å²) in [5.74, 6) is 0. The Labute approximate surface area is 55.1 Å². The molecular formula is C8H8N. The topological polar surface area (TPSA) is 12.9 Å². The van der Waals surface area contributed by atoms with Gasteiger partial charge in [0.15, 0.2) is 0 Å². The van der Waals surface area contributed by atoms with Crippen LogP contribution < -0.4 is 0 Å². The Bertz CT molecular complexity index is 216. The van der Waals surface area contributed by atoms with Crippen LogP contribution in [-0.4, -0.2) is 4.98 Å². The molecule has 0 fully saturated rings. The first-order valence-corrected chi connectivity index (χ1v) is 2.73. The lowest BCUT2D eigenvalue weighted by molar-refractivity contribution is 1.26. The Morgan fingerprint density at radius 3 is 2.78 bits per heavy atom. The van der Waals surface area contributed by atoms with Gasteiger partial charge in [-0.1, -0.05) is 12.7 Å². The lowest BCUT2D eigenvalue weighted by atomic mass is 10.2. The zero-order chi connectivity index (χ0) is 6.69. The van der Waals surface area contributed by atoms with Crippen molar-refractivity contribution in [3.8, 4) is 0 Å². The highest BCUT2D eigenvalue weighted by molar-refractivity contribution is 5.46. The maximum absolute atomic E-state index is 3.93. The summed E-state index contributed by atoms with van der Waals surface area (Å²) < 4.78 is 0. The molecule has 0 atom stereocenters. The minimum atomic E-state index is 0.785. The third kappa shape index (κ3) is 1.39. The highest BCUT2D eigenvalue weighted by atomic mass is 14.6. The molecular weight excluding hydrogens is 110 g/mol. The second kappa shape index (κ2) is 2.44. The van der Waals surface area contributed by atoms with Crippen LogP contribution in [0.1, 0.15) is 11.3 Å². The van der Waals surface area contributed by atoms with Gasteiger partial charge >= 0.3 is 0 Å². The van der Waals surface area contributed by atoms with E-state index >= 15 is 0 Å². The van der Waals surface area contributed by atoms with Gasteiger partial charge in [0.25, 0.3) is 0 Å². The highest BCUT2D eigenvalue weighted by Gasteiger charge is 1.84. The minimum absolute atomic E-state index is 0.785. The summed E-state index contributed by atoms with van der Waals surface area (Å²) in [6.45, 7) is 7.29. The van der Waals surface area contributed by atoms with E-state index < -0.39 is 0 Å². The molecule has 1 nitrogen and oxygen atoms in total. The van der Waals surface area contributed by atoms with Gasteiger partial charge in [0, 0.05) is 11.9 Å². The average Bonchev–Trinajstić information content (AvgIpc) is 1.88. The van der Waals surface area contributed by atoms with E-state index in [0.29, 0.717) is 0 Å². The molecule has 0 unspecified atom stereocenters. The molecule has 0 saturated heterocycles. The van der Waals surface area contributed by atoms with Gasteiger partial charge in [0.05, 0.1) is 0 Å². The molecule has 1 aromatic rings. The zero-order valence-electron chi connectivity index (χ0n) is 5.17. The number of hydrogen-bond acceptors (Lipinski definition) is 1. The van der Waals surface area contributed by atoms with Crippen molar-refractivity contribution in [2.75, 3.05) is 0 Å². The van der Waals surface area contributed by atoms with E-state index in [0.717, 1.165) is 11.3 Å². The highest BCUT2D eigenvalue weighted by Crippen LogP contribution is 2.00. The standard InChI is InChI=1S/C8H8N/c1-3-8-4-5-9-7(2)6-8/h3-6H,1-2H2. The summed E-state index contributed by atoms with van der Waals surface area (Å²) in [6.07, 6.45) is 3.50. The SMILES string of the molecule is [CH2]c1cc(C=C)ccn1. The van der Waals surface area contributed by atoms with E-state index in [4.69, 9.17) is 0 Å². The van der Waals surface area contributed by atoms with Crippen molar-refractivity contribution >= 4 is 6.08 Å². The summed E-state index contributed by atoms with van der Waals surface area (Å²) in [5, 5.41) is 0. The molecule has 0 spiro atoms. The van der Waals surface area contributed by atoms with Gasteiger partial charge in [-0.15, -0.1) is 0 Å². The van der Waals surface area contributed by atoms with Crippen molar-refractivity contribution in [1.82, 2.24) is 4.98 Å². The van der Waals surface area contributed by atoms with Gasteiger partial charge in [0.1, 0.15) is 0 Å². The summed E-state index contributed by atoms with van der Waals surface area (Å²) in [4.78, 5) is 3.93. The molecule has 0 amide bonds. The lowest BCUT2D eigenvalue weighted by Crippen LogP contribution is -1.78. The first kappa shape index (κ1) is 6.02. The summed E-state index contributed by atoms with van der Waals surface area (Å²) in [5.41, 5.74) is 1.85. The quantitative estimate of drug-likeness (QED) is 0.549. The van der Waals surface area contributed by atoms with Crippen LogP contribution in [0.5, 0.6) is 0 Å². The van der Waals surface area contributed by atoms with Crippen LogP contribution in [0, 0.1) is 6.92 Å². The number of rotatable bonds is 1. The molecule has 0 aromatic carbocycles. The molecule has 1 aromatic heterocycles. The fourth-order valence-corrected chi connectivity index (χ4v) is 0.624. The van der Waals surface area contributed by atoms with Gasteiger partial charge in [0.2, 0.25) is 0 Å². The fraction of sp³-hybridized carbons (Fsp3) is 0. The molecule has 1 heteroatoms. The molecule has 1 radical (unpaired) electrons. The molecule has 0 N–H and O–H groups in total. The smallest absolute Gasteiger partial charge is 0.0413 e. The molecule has 9 heavy (non-hydrogen) atoms. The van der Waals surface area contributed by atoms with Crippen LogP contribution in [0.3, 0.4) is 0 Å². The number of pyridine rings is 1. The van der Waals surface area contributed by atoms with Crippen molar-refractivity contribution < 1.29 is 0 Å². The first-order chi connectivity index (χ1) is 4.33. The molecule has 0 aliphatic carbocycles. The van der Waals surface area contributed by atoms with Crippen LogP contribution in [0.15, 0.2) is 24.9 Å². The largest absolute Gasteiger partial charge is 0.261 e. The van der Waals surface area contributed by atoms with E-state index in [1.165, 1.54) is 0 Å². The number of nitrogens with zero attached hydrogens (tertiary/aromatic N) is 1. The van der Waals surface area contributed by atoms with Gasteiger partial charge in [-0.25, -0.2) is 0 Å². The predicted octanol–water partition coefficient (Wildman–Crippen LogP) is 1.91. The maximum Gasteiger partial charge on any atom is 0.0413 e. The molecule has 1 rings (SSSR count). The van der Waals surface area contributed by atoms with Crippen LogP contribution in [0.4, 0.5) is 0 Å². The van der Waals surface area contributed by atoms with Crippen LogP contribution >= 0.6 is 0 Å². The van der Waals surface area contributed by atoms with Crippen LogP contribution in [0.2, 0.25) is 0 Å².